The number of nitrogens with two attached hydrogens (primary N) is 1. The maximum absolute atomic E-state index is 5.54. The fraction of sp³-hybridized carbons (Fsp3) is 0.750. The molecule has 2 rings (SSSR count). The molecule has 6 heteroatoms. The average Bonchev–Trinajstić information content (AvgIpc) is 2.94. The van der Waals surface area contributed by atoms with E-state index in [1.165, 1.54) is 24.6 Å². The van der Waals surface area contributed by atoms with Gasteiger partial charge < -0.3 is 10.5 Å². The number of nitrogen functional groups attached to an aromatic ring is 1. The van der Waals surface area contributed by atoms with E-state index in [1.54, 1.807) is 4.57 Å². The Kier molecular flexibility index (Phi) is 2.93. The summed E-state index contributed by atoms with van der Waals surface area (Å²) in [6.45, 7) is 0.875. The molecule has 1 aliphatic carbocycles. The van der Waals surface area contributed by atoms with Gasteiger partial charge in [0, 0.05) is 7.05 Å². The van der Waals surface area contributed by atoms with Crippen LogP contribution in [0, 0.1) is 5.92 Å². The maximum Gasteiger partial charge on any atom is 0.222 e. The molecule has 1 heterocycles. The van der Waals surface area contributed by atoms with E-state index in [0.29, 0.717) is 11.9 Å². The van der Waals surface area contributed by atoms with Crippen LogP contribution in [0.2, 0.25) is 0 Å². The first kappa shape index (κ1) is 9.79. The molecule has 0 aliphatic heterocycles. The topological polar surface area (TPSA) is 66.0 Å². The zero-order valence-electron chi connectivity index (χ0n) is 8.14. The molecular formula is C8H14N4OS. The SMILES string of the molecule is Cn1c(N)nnc1SCOCC1CC1. The molecule has 1 saturated carbocycles. The van der Waals surface area contributed by atoms with Crippen LogP contribution in [0.1, 0.15) is 12.8 Å². The lowest BCUT2D eigenvalue weighted by Crippen LogP contribution is -2.00. The van der Waals surface area contributed by atoms with Crippen LogP contribution in [0.25, 0.3) is 0 Å². The van der Waals surface area contributed by atoms with E-state index in [9.17, 15) is 0 Å². The standard InChI is InChI=1S/C8H14N4OS/c1-12-7(9)10-11-8(12)14-5-13-4-6-2-3-6/h6H,2-5H2,1H3,(H2,9,10). The Labute approximate surface area is 87.0 Å². The van der Waals surface area contributed by atoms with E-state index in [2.05, 4.69) is 10.2 Å². The number of rotatable bonds is 5. The van der Waals surface area contributed by atoms with Gasteiger partial charge in [0.05, 0.1) is 12.5 Å². The molecule has 1 aliphatic rings. The Bertz CT molecular complexity index is 310. The van der Waals surface area contributed by atoms with Crippen LogP contribution in [0.3, 0.4) is 0 Å². The lowest BCUT2D eigenvalue weighted by molar-refractivity contribution is 0.170. The third-order valence-corrected chi connectivity index (χ3v) is 3.09. The molecule has 5 nitrogen and oxygen atoms in total. The molecule has 1 aromatic rings. The molecule has 2 N–H and O–H groups in total. The molecule has 0 bridgehead atoms. The summed E-state index contributed by atoms with van der Waals surface area (Å²) in [5.74, 6) is 1.87. The lowest BCUT2D eigenvalue weighted by Gasteiger charge is -2.02. The highest BCUT2D eigenvalue weighted by atomic mass is 32.2. The summed E-state index contributed by atoms with van der Waals surface area (Å²) in [5.41, 5.74) is 5.54. The quantitative estimate of drug-likeness (QED) is 0.447. The summed E-state index contributed by atoms with van der Waals surface area (Å²) >= 11 is 1.52. The largest absolute Gasteiger partial charge is 0.370 e. The highest BCUT2D eigenvalue weighted by molar-refractivity contribution is 7.99. The van der Waals surface area contributed by atoms with Gasteiger partial charge in [-0.25, -0.2) is 0 Å². The zero-order valence-corrected chi connectivity index (χ0v) is 8.96. The highest BCUT2D eigenvalue weighted by Gasteiger charge is 2.21. The minimum absolute atomic E-state index is 0.440. The van der Waals surface area contributed by atoms with Gasteiger partial charge in [0.2, 0.25) is 5.95 Å². The molecule has 14 heavy (non-hydrogen) atoms. The lowest BCUT2D eigenvalue weighted by atomic mass is 10.5. The van der Waals surface area contributed by atoms with Crippen molar-refractivity contribution in [2.45, 2.75) is 18.0 Å². The Hall–Kier alpha value is -0.750. The van der Waals surface area contributed by atoms with Crippen molar-refractivity contribution >= 4 is 17.7 Å². The van der Waals surface area contributed by atoms with Crippen LogP contribution in [0.15, 0.2) is 5.16 Å². The number of aromatic nitrogens is 3. The number of thioether (sulfide) groups is 1. The van der Waals surface area contributed by atoms with Gasteiger partial charge >= 0.3 is 0 Å². The van der Waals surface area contributed by atoms with Crippen LogP contribution < -0.4 is 5.73 Å². The van der Waals surface area contributed by atoms with Gasteiger partial charge in [-0.15, -0.1) is 10.2 Å². The molecule has 0 atom stereocenters. The van der Waals surface area contributed by atoms with Crippen LogP contribution in [0.4, 0.5) is 5.95 Å². The van der Waals surface area contributed by atoms with Crippen LogP contribution in [0.5, 0.6) is 0 Å². The summed E-state index contributed by atoms with van der Waals surface area (Å²) in [7, 11) is 1.85. The molecular weight excluding hydrogens is 200 g/mol. The first-order valence-corrected chi connectivity index (χ1v) is 5.61. The number of hydrogen-bond acceptors (Lipinski definition) is 5. The molecule has 0 spiro atoms. The monoisotopic (exact) mass is 214 g/mol. The Morgan fingerprint density at radius 2 is 2.36 bits per heavy atom. The van der Waals surface area contributed by atoms with Crippen LogP contribution in [-0.4, -0.2) is 27.3 Å². The molecule has 1 fully saturated rings. The molecule has 0 saturated heterocycles. The maximum atomic E-state index is 5.54. The van der Waals surface area contributed by atoms with Gasteiger partial charge in [-0.1, -0.05) is 11.8 Å². The third-order valence-electron chi connectivity index (χ3n) is 2.19. The van der Waals surface area contributed by atoms with E-state index in [1.807, 2.05) is 7.05 Å². The first-order valence-electron chi connectivity index (χ1n) is 4.63. The van der Waals surface area contributed by atoms with Gasteiger partial charge in [-0.3, -0.25) is 4.57 Å². The van der Waals surface area contributed by atoms with Crippen molar-refractivity contribution in [3.63, 3.8) is 0 Å². The van der Waals surface area contributed by atoms with Crippen molar-refractivity contribution in [2.24, 2.45) is 13.0 Å². The molecule has 1 aromatic heterocycles. The van der Waals surface area contributed by atoms with Gasteiger partial charge in [0.15, 0.2) is 5.16 Å². The average molecular weight is 214 g/mol. The zero-order chi connectivity index (χ0) is 9.97. The molecule has 0 radical (unpaired) electrons. The fourth-order valence-corrected chi connectivity index (χ4v) is 1.72. The second kappa shape index (κ2) is 4.18. The third kappa shape index (κ3) is 2.39. The Morgan fingerprint density at radius 3 is 2.93 bits per heavy atom. The van der Waals surface area contributed by atoms with E-state index in [-0.39, 0.29) is 0 Å². The summed E-state index contributed by atoms with van der Waals surface area (Å²) in [4.78, 5) is 0. The molecule has 0 unspecified atom stereocenters. The Balaban J connectivity index is 1.71. The Morgan fingerprint density at radius 1 is 1.57 bits per heavy atom. The van der Waals surface area contributed by atoms with E-state index in [4.69, 9.17) is 10.5 Å². The second-order valence-corrected chi connectivity index (χ2v) is 4.37. The van der Waals surface area contributed by atoms with Gasteiger partial charge in [0.1, 0.15) is 0 Å². The van der Waals surface area contributed by atoms with Crippen molar-refractivity contribution in [3.05, 3.63) is 0 Å². The van der Waals surface area contributed by atoms with E-state index < -0.39 is 0 Å². The molecule has 78 valence electrons. The predicted octanol–water partition coefficient (Wildman–Crippen LogP) is 0.874. The fourth-order valence-electron chi connectivity index (χ4n) is 1.05. The number of hydrogen-bond donors (Lipinski definition) is 1. The normalized spacial score (nSPS) is 16.1. The number of ether oxygens (including phenoxy) is 1. The van der Waals surface area contributed by atoms with Crippen LogP contribution >= 0.6 is 11.8 Å². The van der Waals surface area contributed by atoms with E-state index >= 15 is 0 Å². The highest BCUT2D eigenvalue weighted by Crippen LogP contribution is 2.29. The number of nitrogens with zero attached hydrogens (tertiary/aromatic N) is 3. The van der Waals surface area contributed by atoms with E-state index in [0.717, 1.165) is 17.7 Å². The van der Waals surface area contributed by atoms with Gasteiger partial charge in [-0.05, 0) is 18.8 Å². The van der Waals surface area contributed by atoms with Gasteiger partial charge in [0.25, 0.3) is 0 Å². The predicted molar refractivity (Wildman–Crippen MR) is 54.8 cm³/mol. The van der Waals surface area contributed by atoms with Crippen molar-refractivity contribution in [2.75, 3.05) is 18.3 Å². The smallest absolute Gasteiger partial charge is 0.222 e. The summed E-state index contributed by atoms with van der Waals surface area (Å²) in [6, 6.07) is 0. The van der Waals surface area contributed by atoms with Crippen molar-refractivity contribution in [1.82, 2.24) is 14.8 Å². The summed E-state index contributed by atoms with van der Waals surface area (Å²) in [6.07, 6.45) is 2.64. The summed E-state index contributed by atoms with van der Waals surface area (Å²) in [5, 5.41) is 8.48. The first-order chi connectivity index (χ1) is 6.77. The number of anilines is 1. The van der Waals surface area contributed by atoms with Gasteiger partial charge in [-0.2, -0.15) is 0 Å². The summed E-state index contributed by atoms with van der Waals surface area (Å²) < 4.78 is 7.22. The molecule has 0 aromatic carbocycles. The van der Waals surface area contributed by atoms with Crippen molar-refractivity contribution < 1.29 is 4.74 Å². The second-order valence-electron chi connectivity index (χ2n) is 3.48. The minimum Gasteiger partial charge on any atom is -0.370 e. The van der Waals surface area contributed by atoms with Crippen LogP contribution in [-0.2, 0) is 11.8 Å². The molecule has 0 amide bonds. The van der Waals surface area contributed by atoms with Crippen molar-refractivity contribution in [3.8, 4) is 0 Å². The van der Waals surface area contributed by atoms with Crippen molar-refractivity contribution in [1.29, 1.82) is 0 Å². The minimum atomic E-state index is 0.440.